The molecular weight excluding hydrogens is 268 g/mol. The van der Waals surface area contributed by atoms with Crippen LogP contribution in [0.2, 0.25) is 0 Å². The van der Waals surface area contributed by atoms with E-state index < -0.39 is 0 Å². The molecule has 0 fully saturated rings. The summed E-state index contributed by atoms with van der Waals surface area (Å²) in [6, 6.07) is 8.48. The van der Waals surface area contributed by atoms with Gasteiger partial charge < -0.3 is 9.55 Å². The van der Waals surface area contributed by atoms with Crippen LogP contribution in [0.15, 0.2) is 24.3 Å². The van der Waals surface area contributed by atoms with Crippen molar-refractivity contribution in [2.75, 3.05) is 0 Å². The summed E-state index contributed by atoms with van der Waals surface area (Å²) in [7, 11) is 1.96. The van der Waals surface area contributed by atoms with E-state index in [9.17, 15) is 0 Å². The van der Waals surface area contributed by atoms with Crippen LogP contribution < -0.4 is 0 Å². The smallest absolute Gasteiger partial charge is 0.179 e. The molecule has 0 bridgehead atoms. The fraction of sp³-hybridized carbons (Fsp3) is 0.333. The summed E-state index contributed by atoms with van der Waals surface area (Å²) in [6.45, 7) is 5.01. The molecule has 0 aliphatic heterocycles. The number of aromatic amines is 1. The number of nitrogens with one attached hydrogen (secondary N) is 1. The van der Waals surface area contributed by atoms with Gasteiger partial charge in [-0.1, -0.05) is 24.3 Å². The molecule has 104 valence electrons. The van der Waals surface area contributed by atoms with Gasteiger partial charge in [0.15, 0.2) is 10.4 Å². The van der Waals surface area contributed by atoms with Crippen LogP contribution in [0.4, 0.5) is 0 Å². The van der Waals surface area contributed by atoms with E-state index in [-0.39, 0.29) is 0 Å². The summed E-state index contributed by atoms with van der Waals surface area (Å²) in [5, 5.41) is 4.44. The van der Waals surface area contributed by atoms with Crippen LogP contribution >= 0.6 is 12.2 Å². The van der Waals surface area contributed by atoms with E-state index in [1.54, 1.807) is 0 Å². The van der Waals surface area contributed by atoms with Gasteiger partial charge >= 0.3 is 0 Å². The molecule has 20 heavy (non-hydrogen) atoms. The van der Waals surface area contributed by atoms with Gasteiger partial charge in [-0.15, -0.1) is 0 Å². The Labute approximate surface area is 123 Å². The minimum absolute atomic E-state index is 0.768. The maximum Gasteiger partial charge on any atom is 0.179 e. The van der Waals surface area contributed by atoms with Crippen molar-refractivity contribution in [3.63, 3.8) is 0 Å². The van der Waals surface area contributed by atoms with Crippen molar-refractivity contribution in [3.05, 3.63) is 45.9 Å². The maximum absolute atomic E-state index is 5.44. The highest BCUT2D eigenvalue weighted by atomic mass is 32.1. The number of H-pyrrole nitrogens is 1. The molecule has 0 atom stereocenters. The Kier molecular flexibility index (Phi) is 3.22. The number of aromatic nitrogens is 4. The summed E-state index contributed by atoms with van der Waals surface area (Å²) >= 11 is 5.44. The Morgan fingerprint density at radius 3 is 2.75 bits per heavy atom. The van der Waals surface area contributed by atoms with E-state index >= 15 is 0 Å². The Bertz CT molecular complexity index is 822. The molecule has 0 radical (unpaired) electrons. The van der Waals surface area contributed by atoms with Crippen molar-refractivity contribution in [2.45, 2.75) is 26.8 Å². The van der Waals surface area contributed by atoms with Gasteiger partial charge in [-0.25, -0.2) is 0 Å². The van der Waals surface area contributed by atoms with Crippen LogP contribution in [0.25, 0.3) is 11.2 Å². The Balaban J connectivity index is 1.97. The van der Waals surface area contributed by atoms with Gasteiger partial charge in [0, 0.05) is 13.6 Å². The van der Waals surface area contributed by atoms with E-state index in [2.05, 4.69) is 45.8 Å². The minimum Gasteiger partial charge on any atom is -0.328 e. The van der Waals surface area contributed by atoms with E-state index in [0.29, 0.717) is 0 Å². The quantitative estimate of drug-likeness (QED) is 0.750. The molecule has 3 rings (SSSR count). The van der Waals surface area contributed by atoms with Crippen molar-refractivity contribution < 1.29 is 0 Å². The highest BCUT2D eigenvalue weighted by Crippen LogP contribution is 2.18. The molecule has 1 N–H and O–H groups in total. The minimum atomic E-state index is 0.768. The number of rotatable bonds is 3. The molecule has 2 aromatic heterocycles. The third kappa shape index (κ3) is 2.08. The van der Waals surface area contributed by atoms with Crippen molar-refractivity contribution in [1.29, 1.82) is 0 Å². The van der Waals surface area contributed by atoms with Crippen molar-refractivity contribution in [2.24, 2.45) is 7.05 Å². The molecule has 0 spiro atoms. The number of imidazole rings is 1. The Morgan fingerprint density at radius 1 is 1.25 bits per heavy atom. The first-order valence-electron chi connectivity index (χ1n) is 6.74. The van der Waals surface area contributed by atoms with Crippen LogP contribution in [0, 0.1) is 18.6 Å². The van der Waals surface area contributed by atoms with Crippen molar-refractivity contribution >= 4 is 23.4 Å². The molecule has 4 nitrogen and oxygen atoms in total. The lowest BCUT2D eigenvalue weighted by Gasteiger charge is -2.07. The topological polar surface area (TPSA) is 38.5 Å². The van der Waals surface area contributed by atoms with Crippen molar-refractivity contribution in [1.82, 2.24) is 19.3 Å². The van der Waals surface area contributed by atoms with Gasteiger partial charge in [-0.05, 0) is 43.6 Å². The standard InChI is InChI=1S/C15H18N4S/c1-10-6-4-5-7-12(10)8-9-19-14-13(16-15(19)20)11(2)17-18(14)3/h4-7H,8-9H2,1-3H3,(H,16,20). The van der Waals surface area contributed by atoms with Gasteiger partial charge in [0.05, 0.1) is 5.69 Å². The molecule has 0 amide bonds. The summed E-state index contributed by atoms with van der Waals surface area (Å²) < 4.78 is 4.80. The largest absolute Gasteiger partial charge is 0.328 e. The number of hydrogen-bond acceptors (Lipinski definition) is 2. The maximum atomic E-state index is 5.44. The molecular formula is C15H18N4S. The predicted octanol–water partition coefficient (Wildman–Crippen LogP) is 3.29. The van der Waals surface area contributed by atoms with Crippen molar-refractivity contribution in [3.8, 4) is 0 Å². The zero-order valence-corrected chi connectivity index (χ0v) is 12.8. The normalized spacial score (nSPS) is 11.3. The second kappa shape index (κ2) is 4.90. The number of aryl methyl sites for hydroxylation is 5. The lowest BCUT2D eigenvalue weighted by molar-refractivity contribution is 0.663. The van der Waals surface area contributed by atoms with Crippen LogP contribution in [0.5, 0.6) is 0 Å². The summed E-state index contributed by atoms with van der Waals surface area (Å²) in [5.74, 6) is 0. The van der Waals surface area contributed by atoms with Crippen LogP contribution in [0.3, 0.4) is 0 Å². The first-order chi connectivity index (χ1) is 9.58. The molecule has 0 unspecified atom stereocenters. The van der Waals surface area contributed by atoms with E-state index in [1.165, 1.54) is 11.1 Å². The Morgan fingerprint density at radius 2 is 2.00 bits per heavy atom. The van der Waals surface area contributed by atoms with Gasteiger partial charge in [0.25, 0.3) is 0 Å². The van der Waals surface area contributed by atoms with Crippen LogP contribution in [0.1, 0.15) is 16.8 Å². The molecule has 1 aromatic carbocycles. The Hall–Kier alpha value is -1.88. The van der Waals surface area contributed by atoms with E-state index in [4.69, 9.17) is 12.2 Å². The van der Waals surface area contributed by atoms with Gasteiger partial charge in [-0.2, -0.15) is 5.10 Å². The van der Waals surface area contributed by atoms with Gasteiger partial charge in [0.1, 0.15) is 5.52 Å². The lowest BCUT2D eigenvalue weighted by Crippen LogP contribution is -2.06. The second-order valence-electron chi connectivity index (χ2n) is 5.17. The average Bonchev–Trinajstić information content (AvgIpc) is 2.87. The lowest BCUT2D eigenvalue weighted by atomic mass is 10.1. The first kappa shape index (κ1) is 13.1. The third-order valence-corrected chi connectivity index (χ3v) is 4.11. The third-order valence-electron chi connectivity index (χ3n) is 3.79. The monoisotopic (exact) mass is 286 g/mol. The first-order valence-corrected chi connectivity index (χ1v) is 7.15. The highest BCUT2D eigenvalue weighted by Gasteiger charge is 2.12. The fourth-order valence-corrected chi connectivity index (χ4v) is 2.98. The zero-order valence-electron chi connectivity index (χ0n) is 12.0. The van der Waals surface area contributed by atoms with Crippen LogP contribution in [-0.2, 0) is 20.0 Å². The van der Waals surface area contributed by atoms with Gasteiger partial charge in [0.2, 0.25) is 0 Å². The fourth-order valence-electron chi connectivity index (χ4n) is 2.70. The number of nitrogens with zero attached hydrogens (tertiary/aromatic N) is 3. The molecule has 5 heteroatoms. The number of fused-ring (bicyclic) bond motifs is 1. The molecule has 2 heterocycles. The van der Waals surface area contributed by atoms with E-state index in [0.717, 1.165) is 34.6 Å². The average molecular weight is 286 g/mol. The summed E-state index contributed by atoms with van der Waals surface area (Å²) in [4.78, 5) is 3.26. The summed E-state index contributed by atoms with van der Waals surface area (Å²) in [5.41, 5.74) is 5.79. The summed E-state index contributed by atoms with van der Waals surface area (Å²) in [6.07, 6.45) is 0.970. The SMILES string of the molecule is Cc1ccccc1CCn1c(=S)[nH]c2c(C)nn(C)c21. The molecule has 0 aliphatic rings. The molecule has 0 aliphatic carbocycles. The number of hydrogen-bond donors (Lipinski definition) is 1. The number of benzene rings is 1. The predicted molar refractivity (Wildman–Crippen MR) is 83.5 cm³/mol. The second-order valence-corrected chi connectivity index (χ2v) is 5.55. The molecule has 3 aromatic rings. The van der Waals surface area contributed by atoms with Crippen LogP contribution in [-0.4, -0.2) is 19.3 Å². The highest BCUT2D eigenvalue weighted by molar-refractivity contribution is 7.71. The molecule has 0 saturated heterocycles. The van der Waals surface area contributed by atoms with E-state index in [1.807, 2.05) is 18.7 Å². The van der Waals surface area contributed by atoms with Gasteiger partial charge in [-0.3, -0.25) is 4.68 Å². The zero-order chi connectivity index (χ0) is 14.3. The molecule has 0 saturated carbocycles.